The number of nitrogens with one attached hydrogen (secondary N) is 2. The minimum absolute atomic E-state index is 0.00745. The minimum Gasteiger partial charge on any atom is -0.497 e. The van der Waals surface area contributed by atoms with Crippen LogP contribution in [0.5, 0.6) is 5.75 Å². The van der Waals surface area contributed by atoms with Gasteiger partial charge in [0.1, 0.15) is 5.75 Å². The summed E-state index contributed by atoms with van der Waals surface area (Å²) in [7, 11) is 3.36. The molecule has 0 bridgehead atoms. The molecular formula is C24H33N4O3+. The average Bonchev–Trinajstić information content (AvgIpc) is 2.79. The van der Waals surface area contributed by atoms with Gasteiger partial charge in [-0.1, -0.05) is 17.7 Å². The van der Waals surface area contributed by atoms with Gasteiger partial charge in [0.15, 0.2) is 6.04 Å². The highest BCUT2D eigenvalue weighted by Crippen LogP contribution is 2.19. The number of carbonyl (C=O) groups excluding carboxylic acids is 2. The predicted molar refractivity (Wildman–Crippen MR) is 123 cm³/mol. The van der Waals surface area contributed by atoms with Crippen molar-refractivity contribution >= 4 is 23.2 Å². The number of benzene rings is 2. The molecule has 0 spiro atoms. The first-order valence-corrected chi connectivity index (χ1v) is 10.7. The van der Waals surface area contributed by atoms with Crippen molar-refractivity contribution in [1.29, 1.82) is 0 Å². The molecule has 31 heavy (non-hydrogen) atoms. The molecule has 2 aromatic carbocycles. The Balaban J connectivity index is 1.47. The second kappa shape index (κ2) is 10.3. The van der Waals surface area contributed by atoms with Gasteiger partial charge in [0.2, 0.25) is 5.91 Å². The highest BCUT2D eigenvalue weighted by atomic mass is 16.5. The van der Waals surface area contributed by atoms with Crippen molar-refractivity contribution in [3.05, 3.63) is 54.1 Å². The van der Waals surface area contributed by atoms with Crippen LogP contribution in [0.4, 0.5) is 11.4 Å². The fraction of sp³-hybridized carbons (Fsp3) is 0.417. The maximum absolute atomic E-state index is 12.9. The standard InChI is InChI=1S/C24H32N4O3/c1-18-5-7-20(8-6-18)25-23(29)17-26(3)24(30)19(2)27-13-15-28(16-14-27)21-9-11-22(31-4)12-10-21/h5-12,19H,13-17H2,1-4H3,(H,25,29)/p+1/t19-/m0/s1. The van der Waals surface area contributed by atoms with Crippen LogP contribution in [0, 0.1) is 6.92 Å². The maximum Gasteiger partial charge on any atom is 0.280 e. The Hall–Kier alpha value is -3.06. The molecule has 1 aliphatic heterocycles. The second-order valence-corrected chi connectivity index (χ2v) is 8.17. The fourth-order valence-electron chi connectivity index (χ4n) is 3.91. The Morgan fingerprint density at radius 2 is 1.71 bits per heavy atom. The molecule has 1 aliphatic rings. The number of nitrogens with zero attached hydrogens (tertiary/aromatic N) is 2. The number of aryl methyl sites for hydroxylation is 1. The molecule has 0 aromatic heterocycles. The smallest absolute Gasteiger partial charge is 0.280 e. The van der Waals surface area contributed by atoms with Crippen LogP contribution in [-0.2, 0) is 9.59 Å². The first kappa shape index (κ1) is 22.6. The number of anilines is 2. The largest absolute Gasteiger partial charge is 0.497 e. The van der Waals surface area contributed by atoms with Crippen LogP contribution in [0.2, 0.25) is 0 Å². The maximum atomic E-state index is 12.9. The first-order valence-electron chi connectivity index (χ1n) is 10.7. The Morgan fingerprint density at radius 1 is 1.10 bits per heavy atom. The van der Waals surface area contributed by atoms with Crippen molar-refractivity contribution in [3.8, 4) is 5.75 Å². The average molecular weight is 426 g/mol. The van der Waals surface area contributed by atoms with Crippen LogP contribution in [0.25, 0.3) is 0 Å². The summed E-state index contributed by atoms with van der Waals surface area (Å²) < 4.78 is 5.23. The van der Waals surface area contributed by atoms with Crippen molar-refractivity contribution in [2.45, 2.75) is 19.9 Å². The van der Waals surface area contributed by atoms with E-state index in [0.717, 1.165) is 43.2 Å². The van der Waals surface area contributed by atoms with Gasteiger partial charge < -0.3 is 24.8 Å². The fourth-order valence-corrected chi connectivity index (χ4v) is 3.91. The van der Waals surface area contributed by atoms with E-state index in [1.165, 1.54) is 15.5 Å². The summed E-state index contributed by atoms with van der Waals surface area (Å²) in [5.41, 5.74) is 3.04. The number of ether oxygens (including phenoxy) is 1. The van der Waals surface area contributed by atoms with E-state index in [2.05, 4.69) is 22.3 Å². The zero-order valence-corrected chi connectivity index (χ0v) is 18.9. The molecule has 1 saturated heterocycles. The molecular weight excluding hydrogens is 392 g/mol. The lowest BCUT2D eigenvalue weighted by molar-refractivity contribution is -0.915. The van der Waals surface area contributed by atoms with Gasteiger partial charge >= 0.3 is 0 Å². The minimum atomic E-state index is -0.189. The third-order valence-electron chi connectivity index (χ3n) is 5.92. The number of hydrogen-bond acceptors (Lipinski definition) is 4. The van der Waals surface area contributed by atoms with Gasteiger partial charge in [0, 0.05) is 18.4 Å². The number of carbonyl (C=O) groups is 2. The van der Waals surface area contributed by atoms with Gasteiger partial charge in [0.25, 0.3) is 5.91 Å². The summed E-state index contributed by atoms with van der Waals surface area (Å²) in [5, 5.41) is 2.85. The number of piperazine rings is 1. The van der Waals surface area contributed by atoms with Gasteiger partial charge in [0.05, 0.1) is 39.8 Å². The van der Waals surface area contributed by atoms with Crippen molar-refractivity contribution in [2.24, 2.45) is 0 Å². The third kappa shape index (κ3) is 5.98. The molecule has 0 radical (unpaired) electrons. The van der Waals surface area contributed by atoms with Crippen LogP contribution in [-0.4, -0.2) is 69.6 Å². The number of likely N-dealkylation sites (N-methyl/N-ethyl adjacent to an activating group) is 1. The molecule has 7 heteroatoms. The lowest BCUT2D eigenvalue weighted by atomic mass is 10.2. The van der Waals surface area contributed by atoms with E-state index in [9.17, 15) is 9.59 Å². The lowest BCUT2D eigenvalue weighted by Gasteiger charge is -2.36. The summed E-state index contributed by atoms with van der Waals surface area (Å²) >= 11 is 0. The van der Waals surface area contributed by atoms with E-state index in [0.29, 0.717) is 0 Å². The van der Waals surface area contributed by atoms with Gasteiger partial charge in [-0.25, -0.2) is 0 Å². The van der Waals surface area contributed by atoms with Crippen LogP contribution in [0.1, 0.15) is 12.5 Å². The normalized spacial score (nSPS) is 15.3. The summed E-state index contributed by atoms with van der Waals surface area (Å²) in [6, 6.07) is 15.5. The second-order valence-electron chi connectivity index (χ2n) is 8.17. The van der Waals surface area contributed by atoms with E-state index in [1.807, 2.05) is 50.2 Å². The molecule has 0 aliphatic carbocycles. The molecule has 2 amide bonds. The molecule has 1 heterocycles. The summed E-state index contributed by atoms with van der Waals surface area (Å²) in [6.07, 6.45) is 0. The van der Waals surface area contributed by atoms with E-state index in [4.69, 9.17) is 4.74 Å². The van der Waals surface area contributed by atoms with Crippen molar-refractivity contribution < 1.29 is 19.2 Å². The van der Waals surface area contributed by atoms with Crippen LogP contribution in [0.15, 0.2) is 48.5 Å². The SMILES string of the molecule is COc1ccc(N2CC[NH+]([C@@H](C)C(=O)N(C)CC(=O)Nc3ccc(C)cc3)CC2)cc1. The van der Waals surface area contributed by atoms with Crippen molar-refractivity contribution in [1.82, 2.24) is 4.90 Å². The monoisotopic (exact) mass is 425 g/mol. The van der Waals surface area contributed by atoms with Gasteiger partial charge in [-0.2, -0.15) is 0 Å². The Bertz CT molecular complexity index is 875. The lowest BCUT2D eigenvalue weighted by Crippen LogP contribution is -3.19. The highest BCUT2D eigenvalue weighted by molar-refractivity contribution is 5.94. The number of amides is 2. The number of methoxy groups -OCH3 is 1. The topological polar surface area (TPSA) is 66.3 Å². The van der Waals surface area contributed by atoms with E-state index >= 15 is 0 Å². The zero-order chi connectivity index (χ0) is 22.4. The van der Waals surface area contributed by atoms with Crippen LogP contribution in [0.3, 0.4) is 0 Å². The number of quaternary nitrogens is 1. The van der Waals surface area contributed by atoms with E-state index in [-0.39, 0.29) is 24.4 Å². The zero-order valence-electron chi connectivity index (χ0n) is 18.9. The van der Waals surface area contributed by atoms with E-state index in [1.54, 1.807) is 14.2 Å². The molecule has 1 atom stereocenters. The molecule has 1 fully saturated rings. The van der Waals surface area contributed by atoms with Crippen molar-refractivity contribution in [3.63, 3.8) is 0 Å². The van der Waals surface area contributed by atoms with Crippen LogP contribution >= 0.6 is 0 Å². The number of rotatable bonds is 7. The Kier molecular flexibility index (Phi) is 7.52. The molecule has 2 aromatic rings. The quantitative estimate of drug-likeness (QED) is 0.700. The van der Waals surface area contributed by atoms with E-state index < -0.39 is 0 Å². The Labute approximate surface area is 184 Å². The Morgan fingerprint density at radius 3 is 2.29 bits per heavy atom. The van der Waals surface area contributed by atoms with Gasteiger partial charge in [-0.3, -0.25) is 9.59 Å². The first-order chi connectivity index (χ1) is 14.9. The molecule has 0 unspecified atom stereocenters. The van der Waals surface area contributed by atoms with Gasteiger partial charge in [-0.15, -0.1) is 0 Å². The highest BCUT2D eigenvalue weighted by Gasteiger charge is 2.31. The summed E-state index contributed by atoms with van der Waals surface area (Å²) in [5.74, 6) is 0.653. The molecule has 166 valence electrons. The predicted octanol–water partition coefficient (Wildman–Crippen LogP) is 1.19. The van der Waals surface area contributed by atoms with Crippen LogP contribution < -0.4 is 19.9 Å². The van der Waals surface area contributed by atoms with Gasteiger partial charge in [-0.05, 0) is 50.2 Å². The summed E-state index contributed by atoms with van der Waals surface area (Å²) in [4.78, 5) is 30.3. The van der Waals surface area contributed by atoms with Crippen molar-refractivity contribution in [2.75, 3.05) is 57.1 Å². The molecule has 2 N–H and O–H groups in total. The third-order valence-corrected chi connectivity index (χ3v) is 5.92. The molecule has 7 nitrogen and oxygen atoms in total. The number of hydrogen-bond donors (Lipinski definition) is 2. The summed E-state index contributed by atoms with van der Waals surface area (Å²) in [6.45, 7) is 7.52. The molecule has 0 saturated carbocycles. The molecule has 3 rings (SSSR count).